The Morgan fingerprint density at radius 2 is 1.88 bits per heavy atom. The molecule has 3 rings (SSSR count). The molecule has 0 aliphatic carbocycles. The molecule has 0 radical (unpaired) electrons. The van der Waals surface area contributed by atoms with E-state index in [2.05, 4.69) is 11.8 Å². The minimum atomic E-state index is -0.748. The van der Waals surface area contributed by atoms with E-state index < -0.39 is 6.10 Å². The van der Waals surface area contributed by atoms with Gasteiger partial charge in [-0.1, -0.05) is 19.1 Å². The zero-order chi connectivity index (χ0) is 23.5. The predicted molar refractivity (Wildman–Crippen MR) is 125 cm³/mol. The topological polar surface area (TPSA) is 81.4 Å². The second-order valence-electron chi connectivity index (χ2n) is 7.73. The van der Waals surface area contributed by atoms with Gasteiger partial charge in [0.05, 0.1) is 26.5 Å². The maximum Gasteiger partial charge on any atom is 0.161 e. The predicted octanol–water partition coefficient (Wildman–Crippen LogP) is 4.33. The number of hydrogen-bond donors (Lipinski definition) is 1. The molecule has 0 saturated carbocycles. The Kier molecular flexibility index (Phi) is 9.35. The van der Waals surface area contributed by atoms with Crippen LogP contribution in [0.3, 0.4) is 0 Å². The number of aliphatic hydroxyl groups is 1. The Morgan fingerprint density at radius 3 is 2.55 bits per heavy atom. The normalized spacial score (nSPS) is 11.9. The molecule has 1 unspecified atom stereocenters. The van der Waals surface area contributed by atoms with E-state index in [1.165, 1.54) is 7.11 Å². The Bertz CT molecular complexity index is 971. The summed E-state index contributed by atoms with van der Waals surface area (Å²) in [7, 11) is 1.51. The first-order valence-electron chi connectivity index (χ1n) is 11.0. The first-order valence-corrected chi connectivity index (χ1v) is 11.0. The van der Waals surface area contributed by atoms with Gasteiger partial charge in [-0.2, -0.15) is 0 Å². The van der Waals surface area contributed by atoms with Gasteiger partial charge in [-0.05, 0) is 54.4 Å². The monoisotopic (exact) mass is 453 g/mol. The van der Waals surface area contributed by atoms with Crippen LogP contribution in [0.15, 0.2) is 65.3 Å². The van der Waals surface area contributed by atoms with Crippen LogP contribution in [0.1, 0.15) is 35.0 Å². The van der Waals surface area contributed by atoms with Gasteiger partial charge in [0.2, 0.25) is 0 Å². The molecular formula is C26H31NO6. The SMILES string of the molecule is CCCOc1ccc(CN(Cc2ccco2)CC(O)COc2ccc(C=O)cc2OC)cc1. The lowest BCUT2D eigenvalue weighted by Gasteiger charge is -2.25. The highest BCUT2D eigenvalue weighted by atomic mass is 16.5. The zero-order valence-corrected chi connectivity index (χ0v) is 19.1. The molecule has 0 aliphatic rings. The number of nitrogens with zero attached hydrogens (tertiary/aromatic N) is 1. The second kappa shape index (κ2) is 12.7. The highest BCUT2D eigenvalue weighted by molar-refractivity contribution is 5.76. The fourth-order valence-electron chi connectivity index (χ4n) is 3.39. The van der Waals surface area contributed by atoms with Gasteiger partial charge in [-0.3, -0.25) is 9.69 Å². The van der Waals surface area contributed by atoms with E-state index in [1.54, 1.807) is 24.5 Å². The average molecular weight is 454 g/mol. The molecule has 0 fully saturated rings. The van der Waals surface area contributed by atoms with Gasteiger partial charge >= 0.3 is 0 Å². The van der Waals surface area contributed by atoms with Crippen LogP contribution in [0, 0.1) is 0 Å². The number of carbonyl (C=O) groups excluding carboxylic acids is 1. The van der Waals surface area contributed by atoms with Crippen molar-refractivity contribution < 1.29 is 28.5 Å². The Balaban J connectivity index is 1.61. The van der Waals surface area contributed by atoms with E-state index in [1.807, 2.05) is 36.4 Å². The number of benzene rings is 2. The lowest BCUT2D eigenvalue weighted by atomic mass is 10.2. The quantitative estimate of drug-likeness (QED) is 0.364. The van der Waals surface area contributed by atoms with Gasteiger partial charge in [0.15, 0.2) is 11.5 Å². The van der Waals surface area contributed by atoms with Crippen LogP contribution >= 0.6 is 0 Å². The van der Waals surface area contributed by atoms with Gasteiger partial charge in [0, 0.05) is 18.7 Å². The van der Waals surface area contributed by atoms with E-state index >= 15 is 0 Å². The molecule has 1 aromatic heterocycles. The summed E-state index contributed by atoms with van der Waals surface area (Å²) in [6.45, 7) is 4.41. The summed E-state index contributed by atoms with van der Waals surface area (Å²) in [6.07, 6.45) is 2.60. The highest BCUT2D eigenvalue weighted by Crippen LogP contribution is 2.27. The van der Waals surface area contributed by atoms with Crippen LogP contribution in [0.25, 0.3) is 0 Å². The number of aliphatic hydroxyl groups excluding tert-OH is 1. The summed E-state index contributed by atoms with van der Waals surface area (Å²) in [4.78, 5) is 13.1. The van der Waals surface area contributed by atoms with Crippen LogP contribution in [-0.4, -0.2) is 49.3 Å². The maximum absolute atomic E-state index is 11.0. The lowest BCUT2D eigenvalue weighted by Crippen LogP contribution is -2.35. The molecule has 0 amide bonds. The van der Waals surface area contributed by atoms with Gasteiger partial charge in [-0.25, -0.2) is 0 Å². The molecule has 1 N–H and O–H groups in total. The van der Waals surface area contributed by atoms with E-state index in [4.69, 9.17) is 18.6 Å². The van der Waals surface area contributed by atoms with Gasteiger partial charge in [0.25, 0.3) is 0 Å². The molecule has 33 heavy (non-hydrogen) atoms. The van der Waals surface area contributed by atoms with Crippen molar-refractivity contribution in [2.75, 3.05) is 26.9 Å². The first-order chi connectivity index (χ1) is 16.1. The summed E-state index contributed by atoms with van der Waals surface area (Å²) in [5.74, 6) is 2.59. The second-order valence-corrected chi connectivity index (χ2v) is 7.73. The number of rotatable bonds is 14. The third-order valence-corrected chi connectivity index (χ3v) is 4.99. The minimum absolute atomic E-state index is 0.0786. The van der Waals surface area contributed by atoms with E-state index in [0.717, 1.165) is 29.8 Å². The minimum Gasteiger partial charge on any atom is -0.494 e. The third-order valence-electron chi connectivity index (χ3n) is 4.99. The number of hydrogen-bond acceptors (Lipinski definition) is 7. The summed E-state index contributed by atoms with van der Waals surface area (Å²) >= 11 is 0. The third kappa shape index (κ3) is 7.66. The maximum atomic E-state index is 11.0. The fourth-order valence-corrected chi connectivity index (χ4v) is 3.39. The molecular weight excluding hydrogens is 422 g/mol. The molecule has 7 nitrogen and oxygen atoms in total. The van der Waals surface area contributed by atoms with Crippen LogP contribution < -0.4 is 14.2 Å². The Morgan fingerprint density at radius 1 is 1.06 bits per heavy atom. The summed E-state index contributed by atoms with van der Waals surface area (Å²) in [5.41, 5.74) is 1.60. The van der Waals surface area contributed by atoms with Crippen LogP contribution in [0.2, 0.25) is 0 Å². The Labute approximate surface area is 194 Å². The van der Waals surface area contributed by atoms with E-state index in [0.29, 0.717) is 43.3 Å². The Hall–Kier alpha value is -3.29. The van der Waals surface area contributed by atoms with E-state index in [-0.39, 0.29) is 6.61 Å². The van der Waals surface area contributed by atoms with Crippen molar-refractivity contribution in [3.8, 4) is 17.2 Å². The van der Waals surface area contributed by atoms with Crippen molar-refractivity contribution >= 4 is 6.29 Å². The molecule has 3 aromatic rings. The molecule has 176 valence electrons. The standard InChI is InChI=1S/C26H31NO6/c1-3-12-31-23-9-6-20(7-10-23)15-27(17-24-5-4-13-32-24)16-22(29)19-33-25-11-8-21(18-28)14-26(25)30-2/h4-11,13-14,18,22,29H,3,12,15-17,19H2,1-2H3. The smallest absolute Gasteiger partial charge is 0.161 e. The molecule has 0 saturated heterocycles. The zero-order valence-electron chi connectivity index (χ0n) is 19.1. The molecule has 0 bridgehead atoms. The molecule has 1 atom stereocenters. The van der Waals surface area contributed by atoms with Crippen molar-refractivity contribution in [2.45, 2.75) is 32.5 Å². The number of ether oxygens (including phenoxy) is 3. The molecule has 1 heterocycles. The van der Waals surface area contributed by atoms with Crippen molar-refractivity contribution in [3.63, 3.8) is 0 Å². The summed E-state index contributed by atoms with van der Waals surface area (Å²) < 4.78 is 22.2. The summed E-state index contributed by atoms with van der Waals surface area (Å²) in [6, 6.07) is 16.7. The molecule has 7 heteroatoms. The largest absolute Gasteiger partial charge is 0.494 e. The number of furan rings is 1. The first kappa shape index (κ1) is 24.4. The molecule has 0 spiro atoms. The van der Waals surface area contributed by atoms with Gasteiger partial charge in [0.1, 0.15) is 30.5 Å². The number of carbonyl (C=O) groups is 1. The van der Waals surface area contributed by atoms with Crippen LogP contribution in [-0.2, 0) is 13.1 Å². The van der Waals surface area contributed by atoms with E-state index in [9.17, 15) is 9.90 Å². The van der Waals surface area contributed by atoms with Crippen molar-refractivity contribution in [2.24, 2.45) is 0 Å². The van der Waals surface area contributed by atoms with Crippen molar-refractivity contribution in [1.29, 1.82) is 0 Å². The van der Waals surface area contributed by atoms with Crippen molar-refractivity contribution in [1.82, 2.24) is 4.90 Å². The molecule has 2 aromatic carbocycles. The average Bonchev–Trinajstić information content (AvgIpc) is 3.35. The van der Waals surface area contributed by atoms with Crippen molar-refractivity contribution in [3.05, 3.63) is 77.7 Å². The highest BCUT2D eigenvalue weighted by Gasteiger charge is 2.16. The van der Waals surface area contributed by atoms with Crippen LogP contribution in [0.4, 0.5) is 0 Å². The lowest BCUT2D eigenvalue weighted by molar-refractivity contribution is 0.0595. The molecule has 0 aliphatic heterocycles. The summed E-state index contributed by atoms with van der Waals surface area (Å²) in [5, 5.41) is 10.7. The number of aldehydes is 1. The van der Waals surface area contributed by atoms with Gasteiger partial charge < -0.3 is 23.7 Å². The van der Waals surface area contributed by atoms with Gasteiger partial charge in [-0.15, -0.1) is 0 Å². The fraction of sp³-hybridized carbons (Fsp3) is 0.346. The van der Waals surface area contributed by atoms with Crippen LogP contribution in [0.5, 0.6) is 17.2 Å². The number of methoxy groups -OCH3 is 1.